The standard InChI is InChI=1S/C20H23ClN4O4/c1-13(2)22-20(28)23-17(26)12-29-18(27)10-9-16-14(3)24-25(19(16)21)11-15-7-5-4-6-8-15/h4-10,13H,11-12H2,1-3H3,(H2,22,23,26,28)/b10-9+. The Hall–Kier alpha value is -3.13. The van der Waals surface area contributed by atoms with Gasteiger partial charge in [0.05, 0.1) is 12.2 Å². The van der Waals surface area contributed by atoms with E-state index in [9.17, 15) is 14.4 Å². The van der Waals surface area contributed by atoms with E-state index in [1.807, 2.05) is 30.3 Å². The summed E-state index contributed by atoms with van der Waals surface area (Å²) < 4.78 is 6.46. The average molecular weight is 419 g/mol. The zero-order valence-corrected chi connectivity index (χ0v) is 17.2. The third-order valence-electron chi connectivity index (χ3n) is 3.69. The van der Waals surface area contributed by atoms with Crippen LogP contribution in [-0.4, -0.2) is 40.3 Å². The van der Waals surface area contributed by atoms with Crippen LogP contribution in [0.3, 0.4) is 0 Å². The molecule has 0 fully saturated rings. The number of benzene rings is 1. The summed E-state index contributed by atoms with van der Waals surface area (Å²) in [5.41, 5.74) is 2.28. The molecule has 29 heavy (non-hydrogen) atoms. The Morgan fingerprint density at radius 3 is 2.59 bits per heavy atom. The van der Waals surface area contributed by atoms with Crippen molar-refractivity contribution in [1.29, 1.82) is 0 Å². The Balaban J connectivity index is 1.91. The Labute approximate surface area is 173 Å². The predicted octanol–water partition coefficient (Wildman–Crippen LogP) is 2.68. The van der Waals surface area contributed by atoms with Crippen LogP contribution in [0.5, 0.6) is 0 Å². The average Bonchev–Trinajstić information content (AvgIpc) is 2.91. The highest BCUT2D eigenvalue weighted by molar-refractivity contribution is 6.31. The molecule has 0 spiro atoms. The summed E-state index contributed by atoms with van der Waals surface area (Å²) in [6, 6.07) is 8.95. The number of carbonyl (C=O) groups is 3. The molecule has 0 aliphatic heterocycles. The van der Waals surface area contributed by atoms with Crippen molar-refractivity contribution in [1.82, 2.24) is 20.4 Å². The smallest absolute Gasteiger partial charge is 0.331 e. The Morgan fingerprint density at radius 2 is 1.93 bits per heavy atom. The summed E-state index contributed by atoms with van der Waals surface area (Å²) in [4.78, 5) is 34.8. The van der Waals surface area contributed by atoms with Crippen molar-refractivity contribution >= 4 is 35.6 Å². The summed E-state index contributed by atoms with van der Waals surface area (Å²) >= 11 is 6.38. The first kappa shape index (κ1) is 22.2. The van der Waals surface area contributed by atoms with Crippen LogP contribution >= 0.6 is 11.6 Å². The van der Waals surface area contributed by atoms with Crippen molar-refractivity contribution in [2.24, 2.45) is 0 Å². The first-order valence-corrected chi connectivity index (χ1v) is 9.36. The largest absolute Gasteiger partial charge is 0.452 e. The van der Waals surface area contributed by atoms with Crippen LogP contribution < -0.4 is 10.6 Å². The van der Waals surface area contributed by atoms with E-state index in [4.69, 9.17) is 16.3 Å². The van der Waals surface area contributed by atoms with Gasteiger partial charge in [0.1, 0.15) is 5.15 Å². The fraction of sp³-hybridized carbons (Fsp3) is 0.300. The number of esters is 1. The fourth-order valence-corrected chi connectivity index (χ4v) is 2.71. The predicted molar refractivity (Wildman–Crippen MR) is 109 cm³/mol. The van der Waals surface area contributed by atoms with Crippen LogP contribution in [0.4, 0.5) is 4.79 Å². The third kappa shape index (κ3) is 7.08. The van der Waals surface area contributed by atoms with Gasteiger partial charge in [0.2, 0.25) is 0 Å². The molecule has 154 valence electrons. The summed E-state index contributed by atoms with van der Waals surface area (Å²) in [6.07, 6.45) is 2.64. The molecule has 3 amide bonds. The lowest BCUT2D eigenvalue weighted by atomic mass is 10.2. The van der Waals surface area contributed by atoms with Crippen molar-refractivity contribution in [2.45, 2.75) is 33.4 Å². The van der Waals surface area contributed by atoms with Gasteiger partial charge in [-0.3, -0.25) is 10.1 Å². The van der Waals surface area contributed by atoms with E-state index in [2.05, 4.69) is 15.7 Å². The van der Waals surface area contributed by atoms with Gasteiger partial charge in [0.25, 0.3) is 5.91 Å². The number of ether oxygens (including phenoxy) is 1. The molecule has 0 atom stereocenters. The number of hydrogen-bond donors (Lipinski definition) is 2. The van der Waals surface area contributed by atoms with Gasteiger partial charge >= 0.3 is 12.0 Å². The molecule has 1 aromatic carbocycles. The number of nitrogens with one attached hydrogen (secondary N) is 2. The summed E-state index contributed by atoms with van der Waals surface area (Å²) in [6.45, 7) is 5.21. The molecule has 0 unspecified atom stereocenters. The minimum Gasteiger partial charge on any atom is -0.452 e. The van der Waals surface area contributed by atoms with E-state index >= 15 is 0 Å². The van der Waals surface area contributed by atoms with Crippen LogP contribution in [0.2, 0.25) is 5.15 Å². The minimum absolute atomic E-state index is 0.121. The summed E-state index contributed by atoms with van der Waals surface area (Å²) in [5.74, 6) is -1.47. The number of urea groups is 1. The van der Waals surface area contributed by atoms with E-state index in [-0.39, 0.29) is 6.04 Å². The van der Waals surface area contributed by atoms with E-state index in [1.54, 1.807) is 25.5 Å². The zero-order valence-electron chi connectivity index (χ0n) is 16.4. The number of carbonyl (C=O) groups excluding carboxylic acids is 3. The molecule has 0 aliphatic rings. The summed E-state index contributed by atoms with van der Waals surface area (Å²) in [5, 5.41) is 9.33. The van der Waals surface area contributed by atoms with Crippen molar-refractivity contribution in [3.05, 3.63) is 58.4 Å². The number of halogens is 1. The lowest BCUT2D eigenvalue weighted by molar-refractivity contribution is -0.143. The van der Waals surface area contributed by atoms with Crippen LogP contribution in [0, 0.1) is 6.92 Å². The molecule has 1 heterocycles. The number of hydrogen-bond acceptors (Lipinski definition) is 5. The Kier molecular flexibility index (Phi) is 7.97. The fourth-order valence-electron chi connectivity index (χ4n) is 2.41. The van der Waals surface area contributed by atoms with E-state index in [0.29, 0.717) is 23.0 Å². The molecular weight excluding hydrogens is 396 g/mol. The normalized spacial score (nSPS) is 10.9. The topological polar surface area (TPSA) is 102 Å². The summed E-state index contributed by atoms with van der Waals surface area (Å²) in [7, 11) is 0. The maximum Gasteiger partial charge on any atom is 0.331 e. The Bertz CT molecular complexity index is 907. The van der Waals surface area contributed by atoms with Gasteiger partial charge in [0, 0.05) is 17.7 Å². The molecule has 9 heteroatoms. The van der Waals surface area contributed by atoms with E-state index < -0.39 is 24.5 Å². The molecule has 0 aliphatic carbocycles. The molecule has 0 saturated carbocycles. The number of imide groups is 1. The molecule has 2 rings (SSSR count). The molecule has 1 aromatic heterocycles. The lowest BCUT2D eigenvalue weighted by Gasteiger charge is -2.08. The highest BCUT2D eigenvalue weighted by Gasteiger charge is 2.13. The Morgan fingerprint density at radius 1 is 1.24 bits per heavy atom. The number of nitrogens with zero attached hydrogens (tertiary/aromatic N) is 2. The second-order valence-corrected chi connectivity index (χ2v) is 6.91. The van der Waals surface area contributed by atoms with Crippen molar-refractivity contribution < 1.29 is 19.1 Å². The number of amides is 3. The molecule has 8 nitrogen and oxygen atoms in total. The first-order chi connectivity index (χ1) is 13.8. The van der Waals surface area contributed by atoms with Gasteiger partial charge in [-0.05, 0) is 32.4 Å². The van der Waals surface area contributed by atoms with Crippen molar-refractivity contribution in [3.63, 3.8) is 0 Å². The van der Waals surface area contributed by atoms with Crippen LogP contribution in [0.1, 0.15) is 30.7 Å². The van der Waals surface area contributed by atoms with Crippen LogP contribution in [-0.2, 0) is 20.9 Å². The monoisotopic (exact) mass is 418 g/mol. The third-order valence-corrected chi connectivity index (χ3v) is 4.09. The molecule has 0 bridgehead atoms. The lowest BCUT2D eigenvalue weighted by Crippen LogP contribution is -2.43. The molecule has 0 radical (unpaired) electrons. The van der Waals surface area contributed by atoms with Crippen molar-refractivity contribution in [2.75, 3.05) is 6.61 Å². The number of aromatic nitrogens is 2. The number of rotatable bonds is 7. The van der Waals surface area contributed by atoms with Gasteiger partial charge in [0.15, 0.2) is 6.61 Å². The van der Waals surface area contributed by atoms with E-state index in [0.717, 1.165) is 11.6 Å². The van der Waals surface area contributed by atoms with Gasteiger partial charge in [-0.15, -0.1) is 0 Å². The van der Waals surface area contributed by atoms with Gasteiger partial charge < -0.3 is 10.1 Å². The van der Waals surface area contributed by atoms with Gasteiger partial charge in [-0.2, -0.15) is 5.10 Å². The SMILES string of the molecule is Cc1nn(Cc2ccccc2)c(Cl)c1/C=C/C(=O)OCC(=O)NC(=O)NC(C)C. The second kappa shape index (κ2) is 10.4. The van der Waals surface area contributed by atoms with Gasteiger partial charge in [-0.25, -0.2) is 14.3 Å². The maximum absolute atomic E-state index is 11.8. The molecule has 2 aromatic rings. The first-order valence-electron chi connectivity index (χ1n) is 8.98. The van der Waals surface area contributed by atoms with Crippen molar-refractivity contribution in [3.8, 4) is 0 Å². The highest BCUT2D eigenvalue weighted by Crippen LogP contribution is 2.22. The highest BCUT2D eigenvalue weighted by atomic mass is 35.5. The van der Waals surface area contributed by atoms with Crippen LogP contribution in [0.25, 0.3) is 6.08 Å². The van der Waals surface area contributed by atoms with E-state index in [1.165, 1.54) is 6.08 Å². The van der Waals surface area contributed by atoms with Gasteiger partial charge in [-0.1, -0.05) is 41.9 Å². The molecular formula is C20H23ClN4O4. The molecule has 2 N–H and O–H groups in total. The molecule has 0 saturated heterocycles. The van der Waals surface area contributed by atoms with Crippen LogP contribution in [0.15, 0.2) is 36.4 Å². The number of aryl methyl sites for hydroxylation is 1. The maximum atomic E-state index is 11.8. The minimum atomic E-state index is -0.740. The second-order valence-electron chi connectivity index (χ2n) is 6.55. The quantitative estimate of drug-likeness (QED) is 0.531. The zero-order chi connectivity index (χ0) is 21.4.